The summed E-state index contributed by atoms with van der Waals surface area (Å²) in [6.45, 7) is 7.56. The number of nitrogens with one attached hydrogen (secondary N) is 1. The van der Waals surface area contributed by atoms with Crippen LogP contribution < -0.4 is 11.1 Å². The van der Waals surface area contributed by atoms with Crippen molar-refractivity contribution in [3.63, 3.8) is 0 Å². The largest absolute Gasteiger partial charge is 0.398 e. The van der Waals surface area contributed by atoms with Crippen LogP contribution >= 0.6 is 0 Å². The second kappa shape index (κ2) is 5.64. The molecule has 0 fully saturated rings. The summed E-state index contributed by atoms with van der Waals surface area (Å²) >= 11 is 0. The van der Waals surface area contributed by atoms with Crippen molar-refractivity contribution in [3.8, 4) is 0 Å². The molecule has 0 saturated carbocycles. The number of nitrogen functional groups attached to an aromatic ring is 1. The quantitative estimate of drug-likeness (QED) is 0.572. The van der Waals surface area contributed by atoms with Gasteiger partial charge in [-0.15, -0.1) is 0 Å². The van der Waals surface area contributed by atoms with Gasteiger partial charge in [0, 0.05) is 17.9 Å². The second-order valence-corrected chi connectivity index (χ2v) is 4.53. The van der Waals surface area contributed by atoms with Gasteiger partial charge >= 0.3 is 0 Å². The SMILES string of the molecule is Cc1ccc(NCCCC(C)C)cc1N. The van der Waals surface area contributed by atoms with E-state index in [9.17, 15) is 0 Å². The fourth-order valence-electron chi connectivity index (χ4n) is 1.49. The second-order valence-electron chi connectivity index (χ2n) is 4.53. The summed E-state index contributed by atoms with van der Waals surface area (Å²) in [4.78, 5) is 0. The Balaban J connectivity index is 2.35. The van der Waals surface area contributed by atoms with E-state index < -0.39 is 0 Å². The third kappa shape index (κ3) is 4.24. The van der Waals surface area contributed by atoms with E-state index in [1.165, 1.54) is 12.8 Å². The Bertz CT molecular complexity index is 305. The number of aryl methyl sites for hydroxylation is 1. The number of hydrogen-bond donors (Lipinski definition) is 2. The van der Waals surface area contributed by atoms with Crippen LogP contribution in [-0.2, 0) is 0 Å². The van der Waals surface area contributed by atoms with E-state index in [-0.39, 0.29) is 0 Å². The highest BCUT2D eigenvalue weighted by Gasteiger charge is 1.97. The van der Waals surface area contributed by atoms with Crippen molar-refractivity contribution >= 4 is 11.4 Å². The molecule has 0 saturated heterocycles. The molecule has 2 nitrogen and oxygen atoms in total. The number of anilines is 2. The van der Waals surface area contributed by atoms with Crippen molar-refractivity contribution in [3.05, 3.63) is 23.8 Å². The molecule has 0 aliphatic rings. The highest BCUT2D eigenvalue weighted by molar-refractivity contribution is 5.58. The van der Waals surface area contributed by atoms with Crippen molar-refractivity contribution < 1.29 is 0 Å². The van der Waals surface area contributed by atoms with E-state index in [0.29, 0.717) is 0 Å². The first-order valence-corrected chi connectivity index (χ1v) is 5.69. The van der Waals surface area contributed by atoms with Crippen LogP contribution in [0.25, 0.3) is 0 Å². The van der Waals surface area contributed by atoms with Crippen molar-refractivity contribution in [2.24, 2.45) is 5.92 Å². The predicted molar refractivity (Wildman–Crippen MR) is 68.2 cm³/mol. The minimum atomic E-state index is 0.787. The van der Waals surface area contributed by atoms with Gasteiger partial charge in [0.2, 0.25) is 0 Å². The average Bonchev–Trinajstić information content (AvgIpc) is 2.18. The van der Waals surface area contributed by atoms with Crippen molar-refractivity contribution in [1.82, 2.24) is 0 Å². The molecule has 15 heavy (non-hydrogen) atoms. The Kier molecular flexibility index (Phi) is 4.47. The first kappa shape index (κ1) is 11.9. The van der Waals surface area contributed by atoms with Gasteiger partial charge in [-0.3, -0.25) is 0 Å². The maximum absolute atomic E-state index is 5.83. The summed E-state index contributed by atoms with van der Waals surface area (Å²) in [5, 5.41) is 3.39. The van der Waals surface area contributed by atoms with Gasteiger partial charge in [0.1, 0.15) is 0 Å². The van der Waals surface area contributed by atoms with Crippen LogP contribution in [0.4, 0.5) is 11.4 Å². The van der Waals surface area contributed by atoms with E-state index in [1.807, 2.05) is 13.0 Å². The molecule has 0 heterocycles. The monoisotopic (exact) mass is 206 g/mol. The van der Waals surface area contributed by atoms with Crippen LogP contribution in [0.3, 0.4) is 0 Å². The molecule has 0 unspecified atom stereocenters. The Morgan fingerprint density at radius 1 is 1.33 bits per heavy atom. The topological polar surface area (TPSA) is 38.0 Å². The predicted octanol–water partition coefficient (Wildman–Crippen LogP) is 3.43. The van der Waals surface area contributed by atoms with Gasteiger partial charge in [0.05, 0.1) is 0 Å². The Morgan fingerprint density at radius 3 is 2.67 bits per heavy atom. The number of nitrogens with two attached hydrogens (primary N) is 1. The Hall–Kier alpha value is -1.18. The highest BCUT2D eigenvalue weighted by Crippen LogP contribution is 2.17. The summed E-state index contributed by atoms with van der Waals surface area (Å²) in [5.74, 6) is 0.787. The number of hydrogen-bond acceptors (Lipinski definition) is 2. The van der Waals surface area contributed by atoms with Gasteiger partial charge in [-0.1, -0.05) is 19.9 Å². The van der Waals surface area contributed by atoms with Crippen LogP contribution in [0.1, 0.15) is 32.3 Å². The third-order valence-electron chi connectivity index (χ3n) is 2.57. The minimum Gasteiger partial charge on any atom is -0.398 e. The average molecular weight is 206 g/mol. The van der Waals surface area contributed by atoms with Gasteiger partial charge in [0.25, 0.3) is 0 Å². The van der Waals surface area contributed by atoms with E-state index in [4.69, 9.17) is 5.73 Å². The molecule has 3 N–H and O–H groups in total. The lowest BCUT2D eigenvalue weighted by atomic mass is 10.1. The van der Waals surface area contributed by atoms with E-state index in [1.54, 1.807) is 0 Å². The van der Waals surface area contributed by atoms with Crippen molar-refractivity contribution in [2.75, 3.05) is 17.6 Å². The van der Waals surface area contributed by atoms with E-state index in [0.717, 1.165) is 29.4 Å². The van der Waals surface area contributed by atoms with Gasteiger partial charge < -0.3 is 11.1 Å². The van der Waals surface area contributed by atoms with Crippen LogP contribution in [0.15, 0.2) is 18.2 Å². The smallest absolute Gasteiger partial charge is 0.0364 e. The minimum absolute atomic E-state index is 0.787. The summed E-state index contributed by atoms with van der Waals surface area (Å²) in [5.41, 5.74) is 8.97. The Labute approximate surface area is 92.9 Å². The first-order valence-electron chi connectivity index (χ1n) is 5.69. The molecule has 0 radical (unpaired) electrons. The summed E-state index contributed by atoms with van der Waals surface area (Å²) in [6.07, 6.45) is 2.49. The summed E-state index contributed by atoms with van der Waals surface area (Å²) < 4.78 is 0. The summed E-state index contributed by atoms with van der Waals surface area (Å²) in [7, 11) is 0. The Morgan fingerprint density at radius 2 is 2.07 bits per heavy atom. The van der Waals surface area contributed by atoms with Crippen molar-refractivity contribution in [2.45, 2.75) is 33.6 Å². The van der Waals surface area contributed by atoms with Gasteiger partial charge in [-0.2, -0.15) is 0 Å². The lowest BCUT2D eigenvalue weighted by Gasteiger charge is -2.09. The van der Waals surface area contributed by atoms with Crippen molar-refractivity contribution in [1.29, 1.82) is 0 Å². The molecule has 0 spiro atoms. The van der Waals surface area contributed by atoms with Gasteiger partial charge in [-0.05, 0) is 43.4 Å². The standard InChI is InChI=1S/C13H22N2/c1-10(2)5-4-8-15-12-7-6-11(3)13(14)9-12/h6-7,9-10,15H,4-5,8,14H2,1-3H3. The molecule has 0 atom stereocenters. The first-order chi connectivity index (χ1) is 7.09. The fourth-order valence-corrected chi connectivity index (χ4v) is 1.49. The molecule has 0 aliphatic carbocycles. The maximum atomic E-state index is 5.83. The highest BCUT2D eigenvalue weighted by atomic mass is 14.9. The molecular weight excluding hydrogens is 184 g/mol. The maximum Gasteiger partial charge on any atom is 0.0364 e. The molecule has 1 rings (SSSR count). The zero-order valence-electron chi connectivity index (χ0n) is 10.0. The van der Waals surface area contributed by atoms with Crippen LogP contribution in [0.2, 0.25) is 0 Å². The van der Waals surface area contributed by atoms with E-state index in [2.05, 4.69) is 31.3 Å². The van der Waals surface area contributed by atoms with Gasteiger partial charge in [-0.25, -0.2) is 0 Å². The number of benzene rings is 1. The molecule has 2 heteroatoms. The molecule has 1 aromatic rings. The van der Waals surface area contributed by atoms with E-state index >= 15 is 0 Å². The third-order valence-corrected chi connectivity index (χ3v) is 2.57. The lowest BCUT2D eigenvalue weighted by Crippen LogP contribution is -2.03. The molecule has 0 aromatic heterocycles. The lowest BCUT2D eigenvalue weighted by molar-refractivity contribution is 0.567. The van der Waals surface area contributed by atoms with Crippen LogP contribution in [-0.4, -0.2) is 6.54 Å². The molecule has 84 valence electrons. The normalized spacial score (nSPS) is 10.7. The molecule has 0 bridgehead atoms. The van der Waals surface area contributed by atoms with Crippen LogP contribution in [0, 0.1) is 12.8 Å². The zero-order valence-corrected chi connectivity index (χ0v) is 10.0. The summed E-state index contributed by atoms with van der Waals surface area (Å²) in [6, 6.07) is 6.14. The molecule has 1 aromatic carbocycles. The van der Waals surface area contributed by atoms with Crippen LogP contribution in [0.5, 0.6) is 0 Å². The molecule has 0 amide bonds. The van der Waals surface area contributed by atoms with Gasteiger partial charge in [0.15, 0.2) is 0 Å². The molecular formula is C13H22N2. The number of rotatable bonds is 5. The fraction of sp³-hybridized carbons (Fsp3) is 0.538. The molecule has 0 aliphatic heterocycles. The zero-order chi connectivity index (χ0) is 11.3.